The van der Waals surface area contributed by atoms with Crippen molar-refractivity contribution in [2.24, 2.45) is 0 Å². The Balaban J connectivity index is 1.76. The lowest BCUT2D eigenvalue weighted by molar-refractivity contribution is 0.102. The van der Waals surface area contributed by atoms with E-state index in [1.807, 2.05) is 61.5 Å². The second kappa shape index (κ2) is 7.27. The molecule has 1 aromatic heterocycles. The van der Waals surface area contributed by atoms with Crippen LogP contribution in [0.2, 0.25) is 0 Å². The van der Waals surface area contributed by atoms with Gasteiger partial charge in [0.1, 0.15) is 5.69 Å². The average molecular weight is 382 g/mol. The minimum Gasteiger partial charge on any atom is -0.355 e. The van der Waals surface area contributed by atoms with Gasteiger partial charge in [-0.1, -0.05) is 34.1 Å². The second-order valence-electron chi connectivity index (χ2n) is 5.33. The first-order valence-electron chi connectivity index (χ1n) is 7.47. The minimum absolute atomic E-state index is 0.233. The van der Waals surface area contributed by atoms with E-state index in [9.17, 15) is 4.79 Å². The molecule has 1 heterocycles. The third-order valence-corrected chi connectivity index (χ3v) is 4.05. The highest BCUT2D eigenvalue weighted by Gasteiger charge is 2.09. The Bertz CT molecular complexity index is 862. The molecule has 0 fully saturated rings. The Morgan fingerprint density at radius 3 is 2.50 bits per heavy atom. The Hall–Kier alpha value is -2.66. The molecular weight excluding hydrogens is 366 g/mol. The molecule has 120 valence electrons. The molecule has 4 nitrogen and oxygen atoms in total. The number of carbonyl (C=O) groups excluding carboxylic acids is 1. The van der Waals surface area contributed by atoms with Gasteiger partial charge in [-0.25, -0.2) is 0 Å². The van der Waals surface area contributed by atoms with Crippen LogP contribution in [0.5, 0.6) is 0 Å². The highest BCUT2D eigenvalue weighted by atomic mass is 79.9. The van der Waals surface area contributed by atoms with Crippen LogP contribution < -0.4 is 10.6 Å². The van der Waals surface area contributed by atoms with E-state index in [-0.39, 0.29) is 5.91 Å². The highest BCUT2D eigenvalue weighted by molar-refractivity contribution is 9.10. The number of nitrogens with zero attached hydrogens (tertiary/aromatic N) is 1. The van der Waals surface area contributed by atoms with Crippen molar-refractivity contribution in [1.29, 1.82) is 0 Å². The lowest BCUT2D eigenvalue weighted by atomic mass is 10.2. The monoisotopic (exact) mass is 381 g/mol. The highest BCUT2D eigenvalue weighted by Crippen LogP contribution is 2.20. The fourth-order valence-corrected chi connectivity index (χ4v) is 2.50. The molecule has 0 radical (unpaired) electrons. The minimum atomic E-state index is -0.233. The molecule has 0 aliphatic carbocycles. The maximum atomic E-state index is 12.4. The second-order valence-corrected chi connectivity index (χ2v) is 6.25. The van der Waals surface area contributed by atoms with Gasteiger partial charge in [0.15, 0.2) is 0 Å². The van der Waals surface area contributed by atoms with Crippen molar-refractivity contribution in [3.63, 3.8) is 0 Å². The quantitative estimate of drug-likeness (QED) is 0.656. The van der Waals surface area contributed by atoms with Gasteiger partial charge in [0.2, 0.25) is 0 Å². The molecule has 0 unspecified atom stereocenters. The summed E-state index contributed by atoms with van der Waals surface area (Å²) in [7, 11) is 0. The smallest absolute Gasteiger partial charge is 0.274 e. The summed E-state index contributed by atoms with van der Waals surface area (Å²) >= 11 is 3.41. The zero-order chi connectivity index (χ0) is 16.9. The van der Waals surface area contributed by atoms with Crippen LogP contribution in [0.3, 0.4) is 0 Å². The van der Waals surface area contributed by atoms with E-state index in [1.54, 1.807) is 12.3 Å². The first-order valence-corrected chi connectivity index (χ1v) is 8.27. The Morgan fingerprint density at radius 2 is 1.75 bits per heavy atom. The van der Waals surface area contributed by atoms with Crippen LogP contribution in [0.1, 0.15) is 16.1 Å². The van der Waals surface area contributed by atoms with Crippen molar-refractivity contribution < 1.29 is 4.79 Å². The van der Waals surface area contributed by atoms with Crippen molar-refractivity contribution in [1.82, 2.24) is 4.98 Å². The van der Waals surface area contributed by atoms with Gasteiger partial charge in [-0.2, -0.15) is 0 Å². The maximum absolute atomic E-state index is 12.4. The van der Waals surface area contributed by atoms with Gasteiger partial charge in [-0.15, -0.1) is 0 Å². The predicted molar refractivity (Wildman–Crippen MR) is 101 cm³/mol. The Kier molecular flexibility index (Phi) is 4.91. The lowest BCUT2D eigenvalue weighted by Gasteiger charge is -2.10. The number of pyridine rings is 1. The molecule has 0 aliphatic rings. The van der Waals surface area contributed by atoms with Gasteiger partial charge in [-0.05, 0) is 55.0 Å². The van der Waals surface area contributed by atoms with E-state index in [0.717, 1.165) is 27.1 Å². The SMILES string of the molecule is Cc1ccccc1NC(=O)c1cc(Nc2ccc(Br)cc2)ccn1. The summed E-state index contributed by atoms with van der Waals surface area (Å²) in [5.74, 6) is -0.233. The summed E-state index contributed by atoms with van der Waals surface area (Å²) in [5, 5.41) is 6.15. The molecule has 3 rings (SSSR count). The van der Waals surface area contributed by atoms with Gasteiger partial charge in [0.25, 0.3) is 5.91 Å². The number of aryl methyl sites for hydroxylation is 1. The average Bonchev–Trinajstić information content (AvgIpc) is 2.59. The van der Waals surface area contributed by atoms with Crippen molar-refractivity contribution in [3.8, 4) is 0 Å². The number of benzene rings is 2. The van der Waals surface area contributed by atoms with Crippen LogP contribution in [0, 0.1) is 6.92 Å². The molecule has 3 aromatic rings. The van der Waals surface area contributed by atoms with Gasteiger partial charge < -0.3 is 10.6 Å². The van der Waals surface area contributed by atoms with Gasteiger partial charge in [0, 0.05) is 27.7 Å². The number of para-hydroxylation sites is 1. The van der Waals surface area contributed by atoms with Gasteiger partial charge >= 0.3 is 0 Å². The fourth-order valence-electron chi connectivity index (χ4n) is 2.23. The summed E-state index contributed by atoms with van der Waals surface area (Å²) in [6.07, 6.45) is 1.62. The molecule has 24 heavy (non-hydrogen) atoms. The van der Waals surface area contributed by atoms with Crippen molar-refractivity contribution in [2.45, 2.75) is 6.92 Å². The van der Waals surface area contributed by atoms with E-state index < -0.39 is 0 Å². The molecule has 0 bridgehead atoms. The molecule has 0 atom stereocenters. The molecule has 0 spiro atoms. The van der Waals surface area contributed by atoms with E-state index in [0.29, 0.717) is 5.69 Å². The van der Waals surface area contributed by atoms with Crippen LogP contribution in [-0.4, -0.2) is 10.9 Å². The maximum Gasteiger partial charge on any atom is 0.274 e. The summed E-state index contributed by atoms with van der Waals surface area (Å²) in [4.78, 5) is 16.6. The molecule has 5 heteroatoms. The molecule has 2 aromatic carbocycles. The third kappa shape index (κ3) is 4.00. The topological polar surface area (TPSA) is 54.0 Å². The number of carbonyl (C=O) groups is 1. The molecular formula is C19H16BrN3O. The first-order chi connectivity index (χ1) is 11.6. The molecule has 0 aliphatic heterocycles. The molecule has 0 saturated heterocycles. The number of anilines is 3. The van der Waals surface area contributed by atoms with Crippen molar-refractivity contribution >= 4 is 38.9 Å². The van der Waals surface area contributed by atoms with Gasteiger partial charge in [-0.3, -0.25) is 9.78 Å². The zero-order valence-electron chi connectivity index (χ0n) is 13.1. The number of halogens is 1. The predicted octanol–water partition coefficient (Wildman–Crippen LogP) is 5.15. The standard InChI is InChI=1S/C19H16BrN3O/c1-13-4-2-3-5-17(13)23-19(24)18-12-16(10-11-21-18)22-15-8-6-14(20)7-9-15/h2-12H,1H3,(H,21,22)(H,23,24). The largest absolute Gasteiger partial charge is 0.355 e. The van der Waals surface area contributed by atoms with Crippen LogP contribution in [0.25, 0.3) is 0 Å². The first kappa shape index (κ1) is 16.2. The molecule has 2 N–H and O–H groups in total. The number of hydrogen-bond donors (Lipinski definition) is 2. The number of hydrogen-bond acceptors (Lipinski definition) is 3. The van der Waals surface area contributed by atoms with Crippen LogP contribution in [0.4, 0.5) is 17.1 Å². The van der Waals surface area contributed by atoms with Crippen molar-refractivity contribution in [3.05, 3.63) is 82.6 Å². The number of amides is 1. The summed E-state index contributed by atoms with van der Waals surface area (Å²) in [6, 6.07) is 19.0. The van der Waals surface area contributed by atoms with E-state index in [1.165, 1.54) is 0 Å². The summed E-state index contributed by atoms with van der Waals surface area (Å²) in [5.41, 5.74) is 3.91. The van der Waals surface area contributed by atoms with Gasteiger partial charge in [0.05, 0.1) is 0 Å². The van der Waals surface area contributed by atoms with E-state index >= 15 is 0 Å². The Labute approximate surface area is 149 Å². The summed E-state index contributed by atoms with van der Waals surface area (Å²) in [6.45, 7) is 1.95. The summed E-state index contributed by atoms with van der Waals surface area (Å²) < 4.78 is 1.01. The number of rotatable bonds is 4. The van der Waals surface area contributed by atoms with E-state index in [2.05, 4.69) is 31.5 Å². The normalized spacial score (nSPS) is 10.2. The van der Waals surface area contributed by atoms with Crippen LogP contribution >= 0.6 is 15.9 Å². The van der Waals surface area contributed by atoms with E-state index in [4.69, 9.17) is 0 Å². The molecule has 0 saturated carbocycles. The van der Waals surface area contributed by atoms with Crippen LogP contribution in [-0.2, 0) is 0 Å². The number of nitrogens with one attached hydrogen (secondary N) is 2. The third-order valence-electron chi connectivity index (χ3n) is 3.52. The zero-order valence-corrected chi connectivity index (χ0v) is 14.7. The lowest BCUT2D eigenvalue weighted by Crippen LogP contribution is -2.14. The van der Waals surface area contributed by atoms with Crippen molar-refractivity contribution in [2.75, 3.05) is 10.6 Å². The van der Waals surface area contributed by atoms with Crippen LogP contribution in [0.15, 0.2) is 71.3 Å². The fraction of sp³-hybridized carbons (Fsp3) is 0.0526. The number of aromatic nitrogens is 1. The Morgan fingerprint density at radius 1 is 1.00 bits per heavy atom. The molecule has 1 amide bonds.